The molecule has 0 radical (unpaired) electrons. The van der Waals surface area contributed by atoms with E-state index in [-0.39, 0.29) is 5.82 Å². The number of hydrogen-bond donors (Lipinski definition) is 0. The minimum absolute atomic E-state index is 0.175. The van der Waals surface area contributed by atoms with E-state index in [1.54, 1.807) is 17.7 Å². The van der Waals surface area contributed by atoms with Crippen LogP contribution in [0.15, 0.2) is 55.2 Å². The van der Waals surface area contributed by atoms with E-state index < -0.39 is 0 Å². The van der Waals surface area contributed by atoms with Gasteiger partial charge < -0.3 is 4.40 Å². The maximum atomic E-state index is 13.9. The third-order valence-electron chi connectivity index (χ3n) is 7.80. The van der Waals surface area contributed by atoms with Crippen molar-refractivity contribution in [2.75, 3.05) is 0 Å². The summed E-state index contributed by atoms with van der Waals surface area (Å²) < 4.78 is 16.1. The molecule has 6 rings (SSSR count). The Morgan fingerprint density at radius 3 is 2.55 bits per heavy atom. The van der Waals surface area contributed by atoms with Crippen LogP contribution in [0.3, 0.4) is 0 Å². The smallest absolute Gasteiger partial charge is 0.123 e. The zero-order valence-electron chi connectivity index (χ0n) is 18.0. The van der Waals surface area contributed by atoms with Crippen LogP contribution in [0.5, 0.6) is 0 Å². The van der Waals surface area contributed by atoms with E-state index in [1.807, 2.05) is 18.7 Å². The molecule has 2 aliphatic carbocycles. The van der Waals surface area contributed by atoms with Gasteiger partial charge in [-0.2, -0.15) is 0 Å². The summed E-state index contributed by atoms with van der Waals surface area (Å²) in [5.74, 6) is 2.27. The lowest BCUT2D eigenvalue weighted by Gasteiger charge is -2.34. The van der Waals surface area contributed by atoms with Crippen LogP contribution in [-0.4, -0.2) is 14.4 Å². The highest BCUT2D eigenvalue weighted by molar-refractivity contribution is 5.82. The summed E-state index contributed by atoms with van der Waals surface area (Å²) in [4.78, 5) is 8.87. The number of imidazole rings is 1. The largest absolute Gasteiger partial charge is 0.306 e. The van der Waals surface area contributed by atoms with Crippen molar-refractivity contribution in [1.29, 1.82) is 0 Å². The van der Waals surface area contributed by atoms with Crippen molar-refractivity contribution in [1.82, 2.24) is 14.4 Å². The molecule has 2 fully saturated rings. The van der Waals surface area contributed by atoms with Crippen LogP contribution in [0.25, 0.3) is 16.4 Å². The zero-order valence-corrected chi connectivity index (χ0v) is 18.0. The Labute approximate surface area is 182 Å². The van der Waals surface area contributed by atoms with Gasteiger partial charge in [0.1, 0.15) is 5.82 Å². The van der Waals surface area contributed by atoms with Crippen LogP contribution < -0.4 is 0 Å². The van der Waals surface area contributed by atoms with Gasteiger partial charge in [-0.25, -0.2) is 9.37 Å². The quantitative estimate of drug-likeness (QED) is 0.361. The molecule has 31 heavy (non-hydrogen) atoms. The molecule has 0 bridgehead atoms. The molecule has 1 atom stereocenters. The van der Waals surface area contributed by atoms with E-state index in [0.717, 1.165) is 29.7 Å². The number of fused-ring (bicyclic) bond motifs is 2. The Balaban J connectivity index is 1.27. The molecule has 158 valence electrons. The van der Waals surface area contributed by atoms with Crippen LogP contribution in [0.1, 0.15) is 79.9 Å². The Hall–Kier alpha value is -2.75. The van der Waals surface area contributed by atoms with Crippen molar-refractivity contribution in [3.8, 4) is 0 Å². The molecule has 0 spiro atoms. The molecule has 2 aliphatic rings. The van der Waals surface area contributed by atoms with Crippen molar-refractivity contribution in [3.05, 3.63) is 77.8 Å². The minimum atomic E-state index is -0.175. The number of aromatic nitrogens is 3. The van der Waals surface area contributed by atoms with Gasteiger partial charge in [-0.15, -0.1) is 0 Å². The van der Waals surface area contributed by atoms with Gasteiger partial charge >= 0.3 is 0 Å². The minimum Gasteiger partial charge on any atom is -0.306 e. The maximum Gasteiger partial charge on any atom is 0.123 e. The molecule has 4 heteroatoms. The molecule has 0 amide bonds. The van der Waals surface area contributed by atoms with Crippen LogP contribution >= 0.6 is 0 Å². The molecule has 3 heterocycles. The second-order valence-electron chi connectivity index (χ2n) is 9.61. The number of halogens is 1. The molecule has 0 saturated heterocycles. The number of hydrogen-bond acceptors (Lipinski definition) is 2. The van der Waals surface area contributed by atoms with Gasteiger partial charge in [0.2, 0.25) is 0 Å². The van der Waals surface area contributed by atoms with Crippen molar-refractivity contribution in [2.24, 2.45) is 5.92 Å². The van der Waals surface area contributed by atoms with Crippen LogP contribution in [-0.2, 0) is 0 Å². The molecule has 1 aromatic carbocycles. The van der Waals surface area contributed by atoms with Gasteiger partial charge in [0.05, 0.1) is 23.6 Å². The fraction of sp³-hybridized carbons (Fsp3) is 0.407. The SMILES string of the molecule is C[C@H](c1c(C2CC2)ccn2cncc12)C1CCC(c2ccnc3ccc(F)cc23)CC1. The lowest BCUT2D eigenvalue weighted by Crippen LogP contribution is -2.20. The van der Waals surface area contributed by atoms with Gasteiger partial charge in [-0.05, 0) is 109 Å². The maximum absolute atomic E-state index is 13.9. The van der Waals surface area contributed by atoms with Crippen molar-refractivity contribution in [3.63, 3.8) is 0 Å². The zero-order chi connectivity index (χ0) is 20.9. The van der Waals surface area contributed by atoms with E-state index in [2.05, 4.69) is 39.6 Å². The van der Waals surface area contributed by atoms with Crippen molar-refractivity contribution >= 4 is 16.4 Å². The normalized spacial score (nSPS) is 22.8. The number of benzene rings is 1. The molecule has 0 N–H and O–H groups in total. The van der Waals surface area contributed by atoms with Gasteiger partial charge in [0.15, 0.2) is 0 Å². The lowest BCUT2D eigenvalue weighted by molar-refractivity contribution is 0.291. The molecule has 0 aliphatic heterocycles. The fourth-order valence-corrected chi connectivity index (χ4v) is 5.94. The summed E-state index contributed by atoms with van der Waals surface area (Å²) in [6.07, 6.45) is 15.4. The van der Waals surface area contributed by atoms with Crippen molar-refractivity contribution in [2.45, 2.75) is 63.2 Å². The Morgan fingerprint density at radius 1 is 0.968 bits per heavy atom. The first-order valence-corrected chi connectivity index (χ1v) is 11.7. The number of pyridine rings is 2. The first kappa shape index (κ1) is 19.0. The standard InChI is InChI=1S/C27H28FN3/c1-17(27-23(20-6-7-20)11-13-31-16-29-15-26(27)31)18-2-4-19(5-3-18)22-10-12-30-25-9-8-21(28)14-24(22)25/h8-20H,2-7H2,1H3/t17-,18?,19?/m0/s1. The molecular weight excluding hydrogens is 385 g/mol. The predicted molar refractivity (Wildman–Crippen MR) is 122 cm³/mol. The summed E-state index contributed by atoms with van der Waals surface area (Å²) in [6.45, 7) is 2.43. The highest BCUT2D eigenvalue weighted by atomic mass is 19.1. The van der Waals surface area contributed by atoms with Crippen LogP contribution in [0, 0.1) is 11.7 Å². The average molecular weight is 414 g/mol. The molecule has 4 aromatic rings. The Morgan fingerprint density at radius 2 is 1.74 bits per heavy atom. The van der Waals surface area contributed by atoms with E-state index in [1.165, 1.54) is 48.4 Å². The van der Waals surface area contributed by atoms with E-state index >= 15 is 0 Å². The molecular formula is C27H28FN3. The lowest BCUT2D eigenvalue weighted by atomic mass is 9.71. The average Bonchev–Trinajstić information content (AvgIpc) is 3.54. The van der Waals surface area contributed by atoms with Gasteiger partial charge in [0.25, 0.3) is 0 Å². The highest BCUT2D eigenvalue weighted by Gasteiger charge is 2.33. The van der Waals surface area contributed by atoms with Gasteiger partial charge in [-0.3, -0.25) is 4.98 Å². The molecule has 0 unspecified atom stereocenters. The summed E-state index contributed by atoms with van der Waals surface area (Å²) in [7, 11) is 0. The van der Waals surface area contributed by atoms with Crippen molar-refractivity contribution < 1.29 is 4.39 Å². The Kier molecular flexibility index (Phi) is 4.55. The van der Waals surface area contributed by atoms with E-state index in [9.17, 15) is 4.39 Å². The second kappa shape index (κ2) is 7.44. The van der Waals surface area contributed by atoms with E-state index in [4.69, 9.17) is 0 Å². The second-order valence-corrected chi connectivity index (χ2v) is 9.61. The summed E-state index contributed by atoms with van der Waals surface area (Å²) in [5, 5.41) is 0.985. The topological polar surface area (TPSA) is 30.2 Å². The fourth-order valence-electron chi connectivity index (χ4n) is 5.94. The predicted octanol–water partition coefficient (Wildman–Crippen LogP) is 6.98. The van der Waals surface area contributed by atoms with E-state index in [0.29, 0.717) is 17.8 Å². The molecule has 3 nitrogen and oxygen atoms in total. The highest BCUT2D eigenvalue weighted by Crippen LogP contribution is 2.49. The monoisotopic (exact) mass is 413 g/mol. The van der Waals surface area contributed by atoms with Gasteiger partial charge in [0, 0.05) is 17.8 Å². The Bertz CT molecular complexity index is 1250. The number of rotatable bonds is 4. The molecule has 3 aromatic heterocycles. The van der Waals surface area contributed by atoms with Gasteiger partial charge in [-0.1, -0.05) is 6.92 Å². The van der Waals surface area contributed by atoms with Crippen LogP contribution in [0.2, 0.25) is 0 Å². The summed E-state index contributed by atoms with van der Waals surface area (Å²) in [6, 6.07) is 9.41. The molecule has 2 saturated carbocycles. The summed E-state index contributed by atoms with van der Waals surface area (Å²) >= 11 is 0. The summed E-state index contributed by atoms with van der Waals surface area (Å²) in [5.41, 5.74) is 6.54. The first-order chi connectivity index (χ1) is 15.2. The third kappa shape index (κ3) is 3.33. The first-order valence-electron chi connectivity index (χ1n) is 11.7. The van der Waals surface area contributed by atoms with Crippen LogP contribution in [0.4, 0.5) is 4.39 Å². The number of nitrogens with zero attached hydrogens (tertiary/aromatic N) is 3. The third-order valence-corrected chi connectivity index (χ3v) is 7.80.